The molecule has 2 amide bonds. The van der Waals surface area contributed by atoms with E-state index in [1.165, 1.54) is 0 Å². The Hall–Kier alpha value is -4.08. The number of piperazine rings is 1. The van der Waals surface area contributed by atoms with Crippen LogP contribution in [0.3, 0.4) is 0 Å². The third-order valence-corrected chi connectivity index (χ3v) is 6.96. The topological polar surface area (TPSA) is 95.2 Å². The van der Waals surface area contributed by atoms with Crippen molar-refractivity contribution in [2.24, 2.45) is 0 Å². The van der Waals surface area contributed by atoms with Crippen LogP contribution in [0, 0.1) is 6.92 Å². The predicted molar refractivity (Wildman–Crippen MR) is 140 cm³/mol. The first-order chi connectivity index (χ1) is 18.0. The van der Waals surface area contributed by atoms with Gasteiger partial charge in [0.05, 0.1) is 25.4 Å². The molecule has 5 rings (SSSR count). The lowest BCUT2D eigenvalue weighted by Gasteiger charge is -2.36. The summed E-state index contributed by atoms with van der Waals surface area (Å²) in [5.41, 5.74) is 1.79. The van der Waals surface area contributed by atoms with Gasteiger partial charge in [0.2, 0.25) is 11.8 Å². The van der Waals surface area contributed by atoms with Crippen molar-refractivity contribution < 1.29 is 18.7 Å². The third kappa shape index (κ3) is 5.52. The number of aromatic nitrogens is 2. The summed E-state index contributed by atoms with van der Waals surface area (Å²) < 4.78 is 11.3. The molecule has 2 aliphatic rings. The Labute approximate surface area is 216 Å². The highest BCUT2D eigenvalue weighted by molar-refractivity contribution is 5.85. The van der Waals surface area contributed by atoms with E-state index in [2.05, 4.69) is 19.8 Å². The summed E-state index contributed by atoms with van der Waals surface area (Å²) in [4.78, 5) is 42.4. The number of pyridine rings is 1. The predicted octanol–water partition coefficient (Wildman–Crippen LogP) is 2.44. The Bertz CT molecular complexity index is 1240. The van der Waals surface area contributed by atoms with Crippen LogP contribution in [0.2, 0.25) is 0 Å². The van der Waals surface area contributed by atoms with Crippen molar-refractivity contribution in [2.75, 3.05) is 69.3 Å². The number of carbonyl (C=O) groups excluding carboxylic acids is 2. The maximum absolute atomic E-state index is 13.0. The minimum atomic E-state index is -0.00385. The first-order valence-electron chi connectivity index (χ1n) is 12.6. The summed E-state index contributed by atoms with van der Waals surface area (Å²) in [7, 11) is 1.63. The van der Waals surface area contributed by atoms with E-state index in [4.69, 9.17) is 9.15 Å². The lowest BCUT2D eigenvalue weighted by Crippen LogP contribution is -2.52. The number of ether oxygens (including phenoxy) is 1. The number of anilines is 2. The molecule has 1 aromatic carbocycles. The van der Waals surface area contributed by atoms with Crippen LogP contribution < -0.4 is 14.5 Å². The molecule has 2 saturated heterocycles. The Morgan fingerprint density at radius 1 is 1.00 bits per heavy atom. The Morgan fingerprint density at radius 3 is 2.51 bits per heavy atom. The maximum Gasteiger partial charge on any atom is 0.242 e. The lowest BCUT2D eigenvalue weighted by atomic mass is 10.1. The SMILES string of the molecule is COc1cc(N2CCC(=O)N(CC(=O)N3CCN(c4ccccn4)CC3)CC2)ccc1-c1cnc(C)o1. The highest BCUT2D eigenvalue weighted by Gasteiger charge is 2.27. The zero-order chi connectivity index (χ0) is 25.8. The minimum absolute atomic E-state index is 0.00342. The van der Waals surface area contributed by atoms with Gasteiger partial charge >= 0.3 is 0 Å². The second kappa shape index (κ2) is 10.9. The Morgan fingerprint density at radius 2 is 1.81 bits per heavy atom. The molecule has 10 nitrogen and oxygen atoms in total. The number of nitrogens with zero attached hydrogens (tertiary/aromatic N) is 6. The fourth-order valence-corrected chi connectivity index (χ4v) is 4.85. The molecule has 10 heteroatoms. The number of methoxy groups -OCH3 is 1. The van der Waals surface area contributed by atoms with E-state index in [0.29, 0.717) is 56.5 Å². The molecule has 0 atom stereocenters. The van der Waals surface area contributed by atoms with E-state index in [0.717, 1.165) is 30.2 Å². The van der Waals surface area contributed by atoms with Gasteiger partial charge in [0.25, 0.3) is 0 Å². The quantitative estimate of drug-likeness (QED) is 0.505. The molecule has 2 aromatic heterocycles. The van der Waals surface area contributed by atoms with Gasteiger partial charge in [-0.05, 0) is 24.3 Å². The van der Waals surface area contributed by atoms with Crippen molar-refractivity contribution in [1.29, 1.82) is 0 Å². The fourth-order valence-electron chi connectivity index (χ4n) is 4.85. The van der Waals surface area contributed by atoms with Crippen LogP contribution in [0.1, 0.15) is 12.3 Å². The van der Waals surface area contributed by atoms with Gasteiger partial charge in [-0.25, -0.2) is 9.97 Å². The van der Waals surface area contributed by atoms with E-state index < -0.39 is 0 Å². The van der Waals surface area contributed by atoms with Gasteiger partial charge < -0.3 is 28.8 Å². The summed E-state index contributed by atoms with van der Waals surface area (Å²) in [6.07, 6.45) is 3.82. The molecule has 2 aliphatic heterocycles. The molecule has 0 saturated carbocycles. The van der Waals surface area contributed by atoms with Gasteiger partial charge in [0, 0.05) is 77.1 Å². The molecular weight excluding hydrogens is 472 g/mol. The van der Waals surface area contributed by atoms with Crippen LogP contribution in [-0.2, 0) is 9.59 Å². The molecule has 0 aliphatic carbocycles. The third-order valence-electron chi connectivity index (χ3n) is 6.96. The first-order valence-corrected chi connectivity index (χ1v) is 12.6. The van der Waals surface area contributed by atoms with Crippen LogP contribution >= 0.6 is 0 Å². The molecule has 0 radical (unpaired) electrons. The summed E-state index contributed by atoms with van der Waals surface area (Å²) in [5.74, 6) is 2.85. The van der Waals surface area contributed by atoms with Gasteiger partial charge in [0.15, 0.2) is 11.7 Å². The van der Waals surface area contributed by atoms with Crippen LogP contribution in [0.4, 0.5) is 11.5 Å². The lowest BCUT2D eigenvalue weighted by molar-refractivity contribution is -0.140. The summed E-state index contributed by atoms with van der Waals surface area (Å²) in [6, 6.07) is 11.8. The second-order valence-corrected chi connectivity index (χ2v) is 9.24. The average molecular weight is 505 g/mol. The van der Waals surface area contributed by atoms with Gasteiger partial charge in [-0.15, -0.1) is 0 Å². The van der Waals surface area contributed by atoms with E-state index in [1.54, 1.807) is 31.3 Å². The number of hydrogen-bond acceptors (Lipinski definition) is 8. The van der Waals surface area contributed by atoms with Gasteiger partial charge in [-0.1, -0.05) is 6.07 Å². The monoisotopic (exact) mass is 504 g/mol. The molecular formula is C27H32N6O4. The molecule has 0 spiro atoms. The van der Waals surface area contributed by atoms with Crippen molar-refractivity contribution in [3.8, 4) is 17.1 Å². The number of aryl methyl sites for hydroxylation is 1. The van der Waals surface area contributed by atoms with Gasteiger partial charge in [-0.2, -0.15) is 0 Å². The number of amides is 2. The first kappa shape index (κ1) is 24.6. The van der Waals surface area contributed by atoms with E-state index in [1.807, 2.05) is 41.3 Å². The summed E-state index contributed by atoms with van der Waals surface area (Å²) >= 11 is 0. The van der Waals surface area contributed by atoms with Crippen LogP contribution in [0.15, 0.2) is 53.2 Å². The van der Waals surface area contributed by atoms with Crippen LogP contribution in [0.5, 0.6) is 5.75 Å². The molecule has 3 aromatic rings. The molecule has 0 N–H and O–H groups in total. The van der Waals surface area contributed by atoms with Crippen molar-refractivity contribution in [3.63, 3.8) is 0 Å². The van der Waals surface area contributed by atoms with Gasteiger partial charge in [0.1, 0.15) is 11.6 Å². The summed E-state index contributed by atoms with van der Waals surface area (Å²) in [6.45, 7) is 6.34. The number of oxazole rings is 1. The molecule has 2 fully saturated rings. The number of rotatable bonds is 6. The minimum Gasteiger partial charge on any atom is -0.496 e. The van der Waals surface area contributed by atoms with E-state index in [-0.39, 0.29) is 18.4 Å². The molecule has 37 heavy (non-hydrogen) atoms. The Balaban J connectivity index is 1.18. The number of benzene rings is 1. The molecule has 194 valence electrons. The van der Waals surface area contributed by atoms with Crippen molar-refractivity contribution in [3.05, 3.63) is 54.7 Å². The number of carbonyl (C=O) groups is 2. The highest BCUT2D eigenvalue weighted by atomic mass is 16.5. The zero-order valence-electron chi connectivity index (χ0n) is 21.3. The second-order valence-electron chi connectivity index (χ2n) is 9.24. The number of hydrogen-bond donors (Lipinski definition) is 0. The average Bonchev–Trinajstić information content (AvgIpc) is 3.29. The van der Waals surface area contributed by atoms with E-state index in [9.17, 15) is 9.59 Å². The van der Waals surface area contributed by atoms with Crippen LogP contribution in [-0.4, -0.2) is 91.0 Å². The largest absolute Gasteiger partial charge is 0.496 e. The normalized spacial score (nSPS) is 16.6. The molecule has 0 unspecified atom stereocenters. The summed E-state index contributed by atoms with van der Waals surface area (Å²) in [5, 5.41) is 0. The van der Waals surface area contributed by atoms with Crippen molar-refractivity contribution in [1.82, 2.24) is 19.8 Å². The highest BCUT2D eigenvalue weighted by Crippen LogP contribution is 2.34. The van der Waals surface area contributed by atoms with Crippen LogP contribution in [0.25, 0.3) is 11.3 Å². The smallest absolute Gasteiger partial charge is 0.242 e. The zero-order valence-corrected chi connectivity index (χ0v) is 21.3. The van der Waals surface area contributed by atoms with Crippen molar-refractivity contribution >= 4 is 23.3 Å². The van der Waals surface area contributed by atoms with E-state index >= 15 is 0 Å². The fraction of sp³-hybridized carbons (Fsp3) is 0.407. The molecule has 4 heterocycles. The standard InChI is InChI=1S/C27H32N6O4/c1-20-29-18-24(37-20)22-7-6-21(17-23(22)36-2)30-10-8-26(34)33(16-11-30)19-27(35)32-14-12-31(13-15-32)25-5-3-4-9-28-25/h3-7,9,17-18H,8,10-16,19H2,1-2H3. The van der Waals surface area contributed by atoms with Gasteiger partial charge in [-0.3, -0.25) is 9.59 Å². The maximum atomic E-state index is 13.0. The Kier molecular flexibility index (Phi) is 7.25. The molecule has 0 bridgehead atoms. The van der Waals surface area contributed by atoms with Crippen molar-refractivity contribution in [2.45, 2.75) is 13.3 Å².